The summed E-state index contributed by atoms with van der Waals surface area (Å²) in [7, 11) is 0. The van der Waals surface area contributed by atoms with Crippen molar-refractivity contribution in [1.82, 2.24) is 0 Å². The molecule has 0 aliphatic carbocycles. The average Bonchev–Trinajstić information content (AvgIpc) is 2.97. The van der Waals surface area contributed by atoms with Crippen molar-refractivity contribution >= 4 is 39.8 Å². The first kappa shape index (κ1) is 20.9. The number of amides is 1. The largest absolute Gasteiger partial charge is 0.457 e. The highest BCUT2D eigenvalue weighted by Crippen LogP contribution is 2.34. The van der Waals surface area contributed by atoms with Gasteiger partial charge in [-0.05, 0) is 31.4 Å². The number of hydrogen-bond acceptors (Lipinski definition) is 5. The third-order valence-electron chi connectivity index (χ3n) is 4.35. The van der Waals surface area contributed by atoms with E-state index >= 15 is 0 Å². The van der Waals surface area contributed by atoms with Gasteiger partial charge in [0.15, 0.2) is 0 Å². The zero-order valence-electron chi connectivity index (χ0n) is 15.5. The third kappa shape index (κ3) is 4.88. The monoisotopic (exact) mass is 404 g/mol. The van der Waals surface area contributed by atoms with Crippen LogP contribution < -0.4 is 5.32 Å². The van der Waals surface area contributed by atoms with Crippen LogP contribution in [-0.2, 0) is 16.1 Å². The van der Waals surface area contributed by atoms with Gasteiger partial charge in [0.2, 0.25) is 5.91 Å². The maximum Gasteiger partial charge on any atom is 0.349 e. The Morgan fingerprint density at radius 1 is 1.30 bits per heavy atom. The highest BCUT2D eigenvalue weighted by atomic mass is 35.5. The van der Waals surface area contributed by atoms with Crippen LogP contribution in [0, 0.1) is 24.2 Å². The van der Waals surface area contributed by atoms with Gasteiger partial charge >= 0.3 is 5.97 Å². The number of esters is 1. The number of carbonyl (C=O) groups excluding carboxylic acids is 2. The molecule has 142 valence electrons. The van der Waals surface area contributed by atoms with Crippen molar-refractivity contribution in [1.29, 1.82) is 5.26 Å². The average molecular weight is 405 g/mol. The number of benzene rings is 1. The summed E-state index contributed by atoms with van der Waals surface area (Å²) in [5, 5.41) is 13.1. The number of anilines is 1. The van der Waals surface area contributed by atoms with Gasteiger partial charge in [0.25, 0.3) is 0 Å². The van der Waals surface area contributed by atoms with Crippen LogP contribution in [0.15, 0.2) is 24.3 Å². The van der Waals surface area contributed by atoms with Gasteiger partial charge in [-0.3, -0.25) is 4.79 Å². The van der Waals surface area contributed by atoms with Gasteiger partial charge in [0.1, 0.15) is 22.6 Å². The molecule has 1 N–H and O–H groups in total. The van der Waals surface area contributed by atoms with Gasteiger partial charge in [0, 0.05) is 16.5 Å². The van der Waals surface area contributed by atoms with Crippen LogP contribution in [0.5, 0.6) is 0 Å². The number of halogens is 1. The molecule has 27 heavy (non-hydrogen) atoms. The van der Waals surface area contributed by atoms with E-state index in [0.29, 0.717) is 44.4 Å². The second-order valence-corrected chi connectivity index (χ2v) is 7.47. The molecule has 1 heterocycles. The predicted octanol–water partition coefficient (Wildman–Crippen LogP) is 5.31. The van der Waals surface area contributed by atoms with Crippen LogP contribution in [0.2, 0.25) is 5.02 Å². The van der Waals surface area contributed by atoms with Crippen LogP contribution in [-0.4, -0.2) is 11.9 Å². The van der Waals surface area contributed by atoms with Crippen LogP contribution in [0.4, 0.5) is 5.00 Å². The quantitative estimate of drug-likeness (QED) is 0.634. The molecule has 1 amide bonds. The van der Waals surface area contributed by atoms with E-state index in [0.717, 1.165) is 11.3 Å². The van der Waals surface area contributed by atoms with Crippen molar-refractivity contribution < 1.29 is 14.3 Å². The number of rotatable bonds is 7. The zero-order chi connectivity index (χ0) is 20.0. The maximum absolute atomic E-state index is 12.5. The summed E-state index contributed by atoms with van der Waals surface area (Å²) in [5.74, 6) is -0.819. The lowest BCUT2D eigenvalue weighted by Gasteiger charge is -2.11. The number of nitriles is 1. The molecule has 0 saturated heterocycles. The molecule has 0 saturated carbocycles. The lowest BCUT2D eigenvalue weighted by atomic mass is 10.0. The summed E-state index contributed by atoms with van der Waals surface area (Å²) in [4.78, 5) is 25.1. The van der Waals surface area contributed by atoms with Crippen molar-refractivity contribution in [2.45, 2.75) is 40.2 Å². The Labute approximate surface area is 167 Å². The Balaban J connectivity index is 2.19. The highest BCUT2D eigenvalue weighted by molar-refractivity contribution is 7.18. The minimum absolute atomic E-state index is 0.0349. The molecule has 0 radical (unpaired) electrons. The van der Waals surface area contributed by atoms with E-state index in [1.54, 1.807) is 25.1 Å². The number of nitrogens with one attached hydrogen (secondary N) is 1. The molecule has 5 nitrogen and oxygen atoms in total. The molecule has 0 fully saturated rings. The number of nitrogens with zero attached hydrogens (tertiary/aromatic N) is 1. The van der Waals surface area contributed by atoms with Crippen molar-refractivity contribution in [3.05, 3.63) is 50.9 Å². The second-order valence-electron chi connectivity index (χ2n) is 6.04. The first-order chi connectivity index (χ1) is 12.9. The summed E-state index contributed by atoms with van der Waals surface area (Å²) in [6.45, 7) is 5.59. The Hall–Kier alpha value is -2.36. The summed E-state index contributed by atoms with van der Waals surface area (Å²) in [6.07, 6.45) is 1.42. The van der Waals surface area contributed by atoms with E-state index in [4.69, 9.17) is 16.3 Å². The minimum Gasteiger partial charge on any atom is -0.457 e. The molecular weight excluding hydrogens is 384 g/mol. The predicted molar refractivity (Wildman–Crippen MR) is 107 cm³/mol. The Morgan fingerprint density at radius 3 is 2.56 bits per heavy atom. The van der Waals surface area contributed by atoms with Crippen LogP contribution in [0.1, 0.15) is 53.1 Å². The van der Waals surface area contributed by atoms with Crippen molar-refractivity contribution in [3.63, 3.8) is 0 Å². The van der Waals surface area contributed by atoms with Gasteiger partial charge in [-0.2, -0.15) is 5.26 Å². The first-order valence-electron chi connectivity index (χ1n) is 8.67. The standard InChI is InChI=1S/C20H21ClN2O3S/c1-4-13(5-2)18(24)23-19-15(10-22)12(3)17(27-19)20(25)26-11-14-8-6-7-9-16(14)21/h6-9,13H,4-5,11H2,1-3H3,(H,23,24). The van der Waals surface area contributed by atoms with Gasteiger partial charge in [-0.25, -0.2) is 4.79 Å². The van der Waals surface area contributed by atoms with Crippen LogP contribution >= 0.6 is 22.9 Å². The fourth-order valence-electron chi connectivity index (χ4n) is 2.63. The molecule has 0 bridgehead atoms. The summed E-state index contributed by atoms with van der Waals surface area (Å²) in [6, 6.07) is 9.18. The molecule has 0 aliphatic rings. The van der Waals surface area contributed by atoms with E-state index < -0.39 is 5.97 Å². The molecule has 0 atom stereocenters. The van der Waals surface area contributed by atoms with Crippen LogP contribution in [0.3, 0.4) is 0 Å². The van der Waals surface area contributed by atoms with Crippen molar-refractivity contribution in [3.8, 4) is 6.07 Å². The summed E-state index contributed by atoms with van der Waals surface area (Å²) < 4.78 is 5.35. The van der Waals surface area contributed by atoms with E-state index in [9.17, 15) is 14.9 Å². The highest BCUT2D eigenvalue weighted by Gasteiger charge is 2.24. The van der Waals surface area contributed by atoms with Gasteiger partial charge in [0.05, 0.1) is 5.56 Å². The normalized spacial score (nSPS) is 10.5. The topological polar surface area (TPSA) is 79.2 Å². The molecule has 0 unspecified atom stereocenters. The summed E-state index contributed by atoms with van der Waals surface area (Å²) >= 11 is 7.13. The summed E-state index contributed by atoms with van der Waals surface area (Å²) in [5.41, 5.74) is 1.50. The lowest BCUT2D eigenvalue weighted by Crippen LogP contribution is -2.21. The third-order valence-corrected chi connectivity index (χ3v) is 5.91. The molecule has 0 aliphatic heterocycles. The zero-order valence-corrected chi connectivity index (χ0v) is 17.0. The molecule has 1 aromatic heterocycles. The molecule has 2 aromatic rings. The van der Waals surface area contributed by atoms with E-state index in [2.05, 4.69) is 11.4 Å². The first-order valence-corrected chi connectivity index (χ1v) is 9.87. The molecule has 2 rings (SSSR count). The number of carbonyl (C=O) groups is 2. The molecule has 7 heteroatoms. The van der Waals surface area contributed by atoms with Crippen molar-refractivity contribution in [2.75, 3.05) is 5.32 Å². The molecule has 0 spiro atoms. The van der Waals surface area contributed by atoms with Gasteiger partial charge < -0.3 is 10.1 Å². The SMILES string of the molecule is CCC(CC)C(=O)Nc1sc(C(=O)OCc2ccccc2Cl)c(C)c1C#N. The fraction of sp³-hybridized carbons (Fsp3) is 0.350. The number of hydrogen-bond donors (Lipinski definition) is 1. The van der Waals surface area contributed by atoms with Gasteiger partial charge in [-0.15, -0.1) is 11.3 Å². The second kappa shape index (κ2) is 9.54. The van der Waals surface area contributed by atoms with E-state index in [-0.39, 0.29) is 18.4 Å². The number of thiophene rings is 1. The Kier molecular flexibility index (Phi) is 7.40. The molecular formula is C20H21ClN2O3S. The van der Waals surface area contributed by atoms with E-state index in [1.165, 1.54) is 0 Å². The lowest BCUT2D eigenvalue weighted by molar-refractivity contribution is -0.120. The van der Waals surface area contributed by atoms with Crippen LogP contribution in [0.25, 0.3) is 0 Å². The van der Waals surface area contributed by atoms with Crippen molar-refractivity contribution in [2.24, 2.45) is 5.92 Å². The number of ether oxygens (including phenoxy) is 1. The van der Waals surface area contributed by atoms with Gasteiger partial charge in [-0.1, -0.05) is 43.6 Å². The Morgan fingerprint density at radius 2 is 1.96 bits per heavy atom. The van der Waals surface area contributed by atoms with E-state index in [1.807, 2.05) is 19.9 Å². The smallest absolute Gasteiger partial charge is 0.349 e. The minimum atomic E-state index is -0.544. The fourth-order valence-corrected chi connectivity index (χ4v) is 3.87. The Bertz CT molecular complexity index is 882. The molecule has 1 aromatic carbocycles. The maximum atomic E-state index is 12.5.